The number of carbonyl (C=O) groups excluding carboxylic acids is 5. The highest BCUT2D eigenvalue weighted by molar-refractivity contribution is 7.89. The Morgan fingerprint density at radius 1 is 1.02 bits per heavy atom. The van der Waals surface area contributed by atoms with Gasteiger partial charge < -0.3 is 25.6 Å². The van der Waals surface area contributed by atoms with Crippen molar-refractivity contribution >= 4 is 39.6 Å². The number of amides is 4. The van der Waals surface area contributed by atoms with Crippen molar-refractivity contribution in [1.29, 1.82) is 0 Å². The number of carbonyl (C=O) groups is 5. The largest absolute Gasteiger partial charge is 0.444 e. The van der Waals surface area contributed by atoms with E-state index >= 15 is 0 Å². The van der Waals surface area contributed by atoms with Crippen molar-refractivity contribution in [2.24, 2.45) is 29.1 Å². The van der Waals surface area contributed by atoms with E-state index in [1.54, 1.807) is 31.7 Å². The smallest absolute Gasteiger partial charge is 0.408 e. The zero-order valence-electron chi connectivity index (χ0n) is 29.1. The number of fused-ring (bicyclic) bond motifs is 1. The van der Waals surface area contributed by atoms with Crippen molar-refractivity contribution in [3.63, 3.8) is 0 Å². The number of rotatable bonds is 16. The van der Waals surface area contributed by atoms with Gasteiger partial charge in [-0.25, -0.2) is 17.9 Å². The van der Waals surface area contributed by atoms with E-state index in [0.717, 1.165) is 44.9 Å². The molecular formula is C34H55N5O8S. The summed E-state index contributed by atoms with van der Waals surface area (Å²) in [6.45, 7) is 13.5. The molecule has 0 aromatic carbocycles. The third-order valence-electron chi connectivity index (χ3n) is 10.3. The molecule has 0 aromatic heterocycles. The number of hydrogen-bond donors (Lipinski definition) is 4. The fourth-order valence-corrected chi connectivity index (χ4v) is 8.27. The fraction of sp³-hybridized carbons (Fsp3) is 0.794. The fourth-order valence-electron chi connectivity index (χ4n) is 7.27. The second kappa shape index (κ2) is 15.3. The van der Waals surface area contributed by atoms with Crippen LogP contribution >= 0.6 is 0 Å². The van der Waals surface area contributed by atoms with Gasteiger partial charge in [-0.1, -0.05) is 39.2 Å². The first-order chi connectivity index (χ1) is 22.4. The Morgan fingerprint density at radius 3 is 2.29 bits per heavy atom. The lowest BCUT2D eigenvalue weighted by atomic mass is 9.83. The Labute approximate surface area is 285 Å². The molecule has 4 rings (SSSR count). The van der Waals surface area contributed by atoms with E-state index in [1.165, 1.54) is 0 Å². The molecule has 14 heteroatoms. The van der Waals surface area contributed by atoms with Crippen molar-refractivity contribution in [2.45, 2.75) is 116 Å². The van der Waals surface area contributed by atoms with Gasteiger partial charge in [-0.2, -0.15) is 0 Å². The minimum atomic E-state index is -3.61. The average Bonchev–Trinajstić information content (AvgIpc) is 3.88. The summed E-state index contributed by atoms with van der Waals surface area (Å²) in [5.41, 5.74) is -0.971. The van der Waals surface area contributed by atoms with Gasteiger partial charge in [0.05, 0.1) is 11.8 Å². The molecule has 4 aliphatic rings. The Morgan fingerprint density at radius 2 is 1.69 bits per heavy atom. The number of sulfonamides is 1. The maximum atomic E-state index is 14.3. The third-order valence-corrected chi connectivity index (χ3v) is 11.6. The summed E-state index contributed by atoms with van der Waals surface area (Å²) in [5, 5.41) is 7.97. The summed E-state index contributed by atoms with van der Waals surface area (Å²) in [6.07, 6.45) is 7.75. The molecule has 1 saturated heterocycles. The van der Waals surface area contributed by atoms with E-state index in [9.17, 15) is 32.4 Å². The first-order valence-electron chi connectivity index (χ1n) is 17.5. The number of likely N-dealkylation sites (tertiary alicyclic amines) is 1. The van der Waals surface area contributed by atoms with Crippen molar-refractivity contribution in [3.8, 4) is 0 Å². The minimum absolute atomic E-state index is 0.0619. The molecule has 4 fully saturated rings. The summed E-state index contributed by atoms with van der Waals surface area (Å²) in [5.74, 6) is -3.01. The van der Waals surface area contributed by atoms with Gasteiger partial charge in [-0.15, -0.1) is 6.58 Å². The number of ketones is 1. The molecule has 0 bridgehead atoms. The minimum Gasteiger partial charge on any atom is -0.444 e. The number of Topliss-reactive ketones (excluding diaryl/α,β-unsaturated/α-hetero) is 1. The Hall–Kier alpha value is -3.00. The second-order valence-corrected chi connectivity index (χ2v) is 17.5. The topological polar surface area (TPSA) is 180 Å². The lowest BCUT2D eigenvalue weighted by Crippen LogP contribution is -2.60. The molecule has 0 aromatic rings. The standard InChI is InChI=1S/C34H55N5O8S/c1-7-8-14-24(28(40)30(42)35-17-18-48(45,46)36-19-21-15-16-21)37-29(41)27-25-23(34(25,5)6)20-39(27)31(43)26(22-12-10-9-11-13-22)38-32(44)47-33(2,3)4/h7,21-27,36H,1,8-20H2,2-6H3,(H,35,42)(H,37,41)(H,38,44)/t23-,24?,25-,26-,27-/m0/s1. The Kier molecular flexibility index (Phi) is 12.0. The molecule has 1 heterocycles. The van der Waals surface area contributed by atoms with Crippen molar-refractivity contribution < 1.29 is 37.1 Å². The summed E-state index contributed by atoms with van der Waals surface area (Å²) < 4.78 is 32.5. The molecule has 0 spiro atoms. The van der Waals surface area contributed by atoms with Crippen LogP contribution < -0.4 is 20.7 Å². The Balaban J connectivity index is 1.46. The molecule has 3 aliphatic carbocycles. The predicted molar refractivity (Wildman–Crippen MR) is 180 cm³/mol. The predicted octanol–water partition coefficient (Wildman–Crippen LogP) is 2.41. The van der Waals surface area contributed by atoms with Crippen LogP contribution in [0.5, 0.6) is 0 Å². The van der Waals surface area contributed by atoms with Crippen LogP contribution in [0.25, 0.3) is 0 Å². The quantitative estimate of drug-likeness (QED) is 0.141. The number of piperidine rings is 1. The van der Waals surface area contributed by atoms with Gasteiger partial charge in [0.1, 0.15) is 17.7 Å². The van der Waals surface area contributed by atoms with Crippen LogP contribution in [-0.2, 0) is 33.9 Å². The van der Waals surface area contributed by atoms with Gasteiger partial charge in [0.15, 0.2) is 0 Å². The first-order valence-corrected chi connectivity index (χ1v) is 19.1. The Bertz CT molecular complexity index is 1350. The van der Waals surface area contributed by atoms with Gasteiger partial charge >= 0.3 is 6.09 Å². The molecule has 4 N–H and O–H groups in total. The lowest BCUT2D eigenvalue weighted by Gasteiger charge is -2.37. The van der Waals surface area contributed by atoms with E-state index in [1.807, 2.05) is 13.8 Å². The highest BCUT2D eigenvalue weighted by atomic mass is 32.2. The number of hydrogen-bond acceptors (Lipinski definition) is 8. The molecule has 270 valence electrons. The maximum Gasteiger partial charge on any atom is 0.408 e. The number of nitrogens with zero attached hydrogens (tertiary/aromatic N) is 1. The molecule has 1 unspecified atom stereocenters. The van der Waals surface area contributed by atoms with Crippen LogP contribution in [0.15, 0.2) is 12.7 Å². The molecule has 4 amide bonds. The summed E-state index contributed by atoms with van der Waals surface area (Å²) in [6, 6.07) is -2.96. The molecule has 3 saturated carbocycles. The highest BCUT2D eigenvalue weighted by Crippen LogP contribution is 2.65. The van der Waals surface area contributed by atoms with Gasteiger partial charge in [-0.05, 0) is 88.4 Å². The van der Waals surface area contributed by atoms with Crippen LogP contribution in [0.3, 0.4) is 0 Å². The molecule has 1 aliphatic heterocycles. The molecular weight excluding hydrogens is 638 g/mol. The monoisotopic (exact) mass is 693 g/mol. The molecule has 5 atom stereocenters. The zero-order chi connectivity index (χ0) is 35.4. The normalized spacial score (nSPS) is 24.9. The first kappa shape index (κ1) is 37.8. The maximum absolute atomic E-state index is 14.3. The third kappa shape index (κ3) is 9.79. The average molecular weight is 694 g/mol. The van der Waals surface area contributed by atoms with Crippen molar-refractivity contribution in [2.75, 3.05) is 25.4 Å². The van der Waals surface area contributed by atoms with E-state index in [-0.39, 0.29) is 47.8 Å². The van der Waals surface area contributed by atoms with Crippen LogP contribution in [0.2, 0.25) is 0 Å². The lowest BCUT2D eigenvalue weighted by molar-refractivity contribution is -0.145. The van der Waals surface area contributed by atoms with Crippen molar-refractivity contribution in [3.05, 3.63) is 12.7 Å². The van der Waals surface area contributed by atoms with Gasteiger partial charge in [0.25, 0.3) is 5.91 Å². The summed E-state index contributed by atoms with van der Waals surface area (Å²) in [7, 11) is -3.61. The van der Waals surface area contributed by atoms with E-state index in [0.29, 0.717) is 25.4 Å². The van der Waals surface area contributed by atoms with Gasteiger partial charge in [0.2, 0.25) is 27.6 Å². The van der Waals surface area contributed by atoms with Crippen LogP contribution in [0.4, 0.5) is 4.79 Å². The summed E-state index contributed by atoms with van der Waals surface area (Å²) in [4.78, 5) is 68.9. The highest BCUT2D eigenvalue weighted by Gasteiger charge is 2.69. The van der Waals surface area contributed by atoms with Gasteiger partial charge in [-0.3, -0.25) is 19.2 Å². The number of allylic oxidation sites excluding steroid dienone is 1. The molecule has 13 nitrogen and oxygen atoms in total. The number of nitrogens with one attached hydrogen (secondary N) is 4. The van der Waals surface area contributed by atoms with E-state index in [4.69, 9.17) is 4.74 Å². The van der Waals surface area contributed by atoms with Crippen LogP contribution in [0.1, 0.15) is 92.4 Å². The number of alkyl carbamates (subject to hydrolysis) is 1. The van der Waals surface area contributed by atoms with Crippen molar-refractivity contribution in [1.82, 2.24) is 25.6 Å². The second-order valence-electron chi connectivity index (χ2n) is 15.6. The van der Waals surface area contributed by atoms with Gasteiger partial charge in [0, 0.05) is 19.6 Å². The number of ether oxygens (including phenoxy) is 1. The summed E-state index contributed by atoms with van der Waals surface area (Å²) >= 11 is 0. The van der Waals surface area contributed by atoms with E-state index < -0.39 is 57.4 Å². The SMILES string of the molecule is C=CCCC(NC(=O)[C@@H]1[C@@H]2[C@H](CN1C(=O)[C@@H](NC(=O)OC(C)(C)C)C1CCCCC1)C2(C)C)C(=O)C(=O)NCCS(=O)(=O)NCC1CC1. The molecule has 48 heavy (non-hydrogen) atoms. The van der Waals surface area contributed by atoms with Crippen LogP contribution in [0, 0.1) is 29.1 Å². The zero-order valence-corrected chi connectivity index (χ0v) is 30.0. The molecule has 0 radical (unpaired) electrons. The van der Waals surface area contributed by atoms with Crippen LogP contribution in [-0.4, -0.2) is 92.0 Å². The van der Waals surface area contributed by atoms with E-state index in [2.05, 4.69) is 27.3 Å².